The van der Waals surface area contributed by atoms with Crippen molar-refractivity contribution in [3.63, 3.8) is 0 Å². The first-order valence-corrected chi connectivity index (χ1v) is 5.32. The van der Waals surface area contributed by atoms with Crippen LogP contribution >= 0.6 is 0 Å². The van der Waals surface area contributed by atoms with Gasteiger partial charge in [0.2, 0.25) is 5.88 Å². The van der Waals surface area contributed by atoms with E-state index in [1.165, 1.54) is 18.2 Å². The number of rotatable bonds is 3. The third kappa shape index (κ3) is 2.63. The predicted molar refractivity (Wildman–Crippen MR) is 66.5 cm³/mol. The molecule has 1 aromatic heterocycles. The molecule has 0 spiro atoms. The number of nitrogen functional groups attached to an aromatic ring is 1. The smallest absolute Gasteiger partial charge is 0.219 e. The maximum atomic E-state index is 12.9. The zero-order chi connectivity index (χ0) is 13.1. The molecule has 92 valence electrons. The Kier molecular flexibility index (Phi) is 3.23. The Hall–Kier alpha value is -2.43. The van der Waals surface area contributed by atoms with Crippen LogP contribution in [0.25, 0.3) is 0 Å². The van der Waals surface area contributed by atoms with Crippen LogP contribution < -0.4 is 10.5 Å². The van der Waals surface area contributed by atoms with Crippen LogP contribution in [0, 0.1) is 18.2 Å². The molecule has 1 aromatic carbocycles. The van der Waals surface area contributed by atoms with E-state index in [0.29, 0.717) is 22.9 Å². The molecule has 0 bridgehead atoms. The quantitative estimate of drug-likeness (QED) is 0.645. The summed E-state index contributed by atoms with van der Waals surface area (Å²) in [4.78, 5) is 4.07. The summed E-state index contributed by atoms with van der Waals surface area (Å²) in [6.07, 6.45) is 0. The van der Waals surface area contributed by atoms with Gasteiger partial charge in [0, 0.05) is 6.07 Å². The fourth-order valence-electron chi connectivity index (χ4n) is 1.46. The molecule has 2 rings (SSSR count). The van der Waals surface area contributed by atoms with E-state index >= 15 is 0 Å². The van der Waals surface area contributed by atoms with Crippen molar-refractivity contribution in [1.29, 1.82) is 5.41 Å². The first-order chi connectivity index (χ1) is 8.56. The van der Waals surface area contributed by atoms with E-state index in [9.17, 15) is 4.39 Å². The van der Waals surface area contributed by atoms with Gasteiger partial charge >= 0.3 is 0 Å². The van der Waals surface area contributed by atoms with Crippen LogP contribution in [0.4, 0.5) is 4.39 Å². The molecular formula is C13H12FN3O. The van der Waals surface area contributed by atoms with Gasteiger partial charge in [-0.05, 0) is 36.8 Å². The van der Waals surface area contributed by atoms with Crippen molar-refractivity contribution in [3.8, 4) is 11.6 Å². The van der Waals surface area contributed by atoms with Gasteiger partial charge in [-0.3, -0.25) is 5.41 Å². The number of amidine groups is 1. The molecule has 0 radical (unpaired) electrons. The van der Waals surface area contributed by atoms with Gasteiger partial charge in [0.15, 0.2) is 0 Å². The molecule has 5 heteroatoms. The summed E-state index contributed by atoms with van der Waals surface area (Å²) in [6, 6.07) is 9.19. The molecule has 18 heavy (non-hydrogen) atoms. The van der Waals surface area contributed by atoms with E-state index in [1.807, 2.05) is 0 Å². The monoisotopic (exact) mass is 245 g/mol. The summed E-state index contributed by atoms with van der Waals surface area (Å²) < 4.78 is 18.5. The SMILES string of the molecule is Cc1cc(F)ccc1Oc1cccc(C(=N)N)n1. The van der Waals surface area contributed by atoms with E-state index in [4.69, 9.17) is 15.9 Å². The fourth-order valence-corrected chi connectivity index (χ4v) is 1.46. The highest BCUT2D eigenvalue weighted by Crippen LogP contribution is 2.24. The standard InChI is InChI=1S/C13H12FN3O/c1-8-7-9(14)5-6-11(8)18-12-4-2-3-10(17-12)13(15)16/h2-7H,1H3,(H3,15,16). The number of hydrogen-bond donors (Lipinski definition) is 2. The van der Waals surface area contributed by atoms with Gasteiger partial charge in [-0.1, -0.05) is 6.07 Å². The van der Waals surface area contributed by atoms with Gasteiger partial charge in [0.05, 0.1) is 0 Å². The lowest BCUT2D eigenvalue weighted by molar-refractivity contribution is 0.457. The number of pyridine rings is 1. The molecule has 0 fully saturated rings. The highest BCUT2D eigenvalue weighted by Gasteiger charge is 2.05. The second-order valence-electron chi connectivity index (χ2n) is 3.79. The minimum atomic E-state index is -0.315. The molecular weight excluding hydrogens is 233 g/mol. The first-order valence-electron chi connectivity index (χ1n) is 5.32. The topological polar surface area (TPSA) is 72.0 Å². The molecule has 0 aliphatic carbocycles. The molecule has 3 N–H and O–H groups in total. The van der Waals surface area contributed by atoms with Crippen LogP contribution in [0.5, 0.6) is 11.6 Å². The van der Waals surface area contributed by atoms with Crippen molar-refractivity contribution in [2.45, 2.75) is 6.92 Å². The number of ether oxygens (including phenoxy) is 1. The summed E-state index contributed by atoms with van der Waals surface area (Å²) in [5.41, 5.74) is 6.35. The van der Waals surface area contributed by atoms with Gasteiger partial charge < -0.3 is 10.5 Å². The number of nitrogens with two attached hydrogens (primary N) is 1. The predicted octanol–water partition coefficient (Wildman–Crippen LogP) is 2.61. The number of halogens is 1. The maximum Gasteiger partial charge on any atom is 0.219 e. The van der Waals surface area contributed by atoms with E-state index in [-0.39, 0.29) is 11.7 Å². The van der Waals surface area contributed by atoms with Crippen molar-refractivity contribution >= 4 is 5.84 Å². The Morgan fingerprint density at radius 2 is 2.11 bits per heavy atom. The molecule has 4 nitrogen and oxygen atoms in total. The second kappa shape index (κ2) is 4.83. The number of aromatic nitrogens is 1. The number of hydrogen-bond acceptors (Lipinski definition) is 3. The number of benzene rings is 1. The Morgan fingerprint density at radius 1 is 1.33 bits per heavy atom. The molecule has 0 atom stereocenters. The van der Waals surface area contributed by atoms with Crippen LogP contribution in [0.3, 0.4) is 0 Å². The number of nitrogens with one attached hydrogen (secondary N) is 1. The van der Waals surface area contributed by atoms with E-state index in [2.05, 4.69) is 4.98 Å². The van der Waals surface area contributed by atoms with Crippen LogP contribution in [0.2, 0.25) is 0 Å². The Bertz CT molecular complexity index is 599. The summed E-state index contributed by atoms with van der Waals surface area (Å²) in [5, 5.41) is 7.29. The van der Waals surface area contributed by atoms with Gasteiger partial charge in [0.25, 0.3) is 0 Å². The molecule has 2 aromatic rings. The third-order valence-corrected chi connectivity index (χ3v) is 2.35. The lowest BCUT2D eigenvalue weighted by Crippen LogP contribution is -2.13. The average molecular weight is 245 g/mol. The minimum absolute atomic E-state index is 0.128. The van der Waals surface area contributed by atoms with E-state index in [1.54, 1.807) is 25.1 Å². The van der Waals surface area contributed by atoms with Crippen molar-refractivity contribution in [2.24, 2.45) is 5.73 Å². The number of nitrogens with zero attached hydrogens (tertiary/aromatic N) is 1. The lowest BCUT2D eigenvalue weighted by atomic mass is 10.2. The zero-order valence-electron chi connectivity index (χ0n) is 9.77. The van der Waals surface area contributed by atoms with Gasteiger partial charge in [-0.2, -0.15) is 0 Å². The van der Waals surface area contributed by atoms with Crippen molar-refractivity contribution in [1.82, 2.24) is 4.98 Å². The van der Waals surface area contributed by atoms with Crippen LogP contribution in [0.15, 0.2) is 36.4 Å². The molecule has 0 unspecified atom stereocenters. The molecule has 1 heterocycles. The van der Waals surface area contributed by atoms with Gasteiger partial charge in [-0.15, -0.1) is 0 Å². The largest absolute Gasteiger partial charge is 0.439 e. The number of aryl methyl sites for hydroxylation is 1. The molecule has 0 amide bonds. The maximum absolute atomic E-state index is 12.9. The van der Waals surface area contributed by atoms with E-state index < -0.39 is 0 Å². The second-order valence-corrected chi connectivity index (χ2v) is 3.79. The highest BCUT2D eigenvalue weighted by atomic mass is 19.1. The molecule has 0 saturated heterocycles. The van der Waals surface area contributed by atoms with Crippen molar-refractivity contribution in [2.75, 3.05) is 0 Å². The summed E-state index contributed by atoms with van der Waals surface area (Å²) in [5.74, 6) is 0.392. The summed E-state index contributed by atoms with van der Waals surface area (Å²) >= 11 is 0. The third-order valence-electron chi connectivity index (χ3n) is 2.35. The summed E-state index contributed by atoms with van der Waals surface area (Å²) in [7, 11) is 0. The van der Waals surface area contributed by atoms with Crippen molar-refractivity contribution in [3.05, 3.63) is 53.5 Å². The highest BCUT2D eigenvalue weighted by molar-refractivity contribution is 5.93. The van der Waals surface area contributed by atoms with Gasteiger partial charge in [-0.25, -0.2) is 9.37 Å². The molecule has 0 aliphatic rings. The van der Waals surface area contributed by atoms with Crippen molar-refractivity contribution < 1.29 is 9.13 Å². The van der Waals surface area contributed by atoms with Gasteiger partial charge in [0.1, 0.15) is 23.1 Å². The van der Waals surface area contributed by atoms with Crippen LogP contribution in [-0.4, -0.2) is 10.8 Å². The zero-order valence-corrected chi connectivity index (χ0v) is 9.77. The molecule has 0 aliphatic heterocycles. The normalized spacial score (nSPS) is 10.1. The molecule has 0 saturated carbocycles. The Balaban J connectivity index is 2.28. The minimum Gasteiger partial charge on any atom is -0.439 e. The lowest BCUT2D eigenvalue weighted by Gasteiger charge is -2.08. The Labute approximate surface area is 104 Å². The first kappa shape index (κ1) is 12.0. The summed E-state index contributed by atoms with van der Waals surface area (Å²) in [6.45, 7) is 1.74. The Morgan fingerprint density at radius 3 is 2.78 bits per heavy atom. The van der Waals surface area contributed by atoms with E-state index in [0.717, 1.165) is 0 Å². The van der Waals surface area contributed by atoms with Crippen LogP contribution in [-0.2, 0) is 0 Å². The van der Waals surface area contributed by atoms with Crippen LogP contribution in [0.1, 0.15) is 11.3 Å². The fraction of sp³-hybridized carbons (Fsp3) is 0.0769. The average Bonchev–Trinajstić information content (AvgIpc) is 2.33.